The molecular weight excluding hydrogens is 452 g/mol. The molecule has 5 rings (SSSR count). The van der Waals surface area contributed by atoms with Crippen LogP contribution in [0.5, 0.6) is 5.75 Å². The molecule has 2 aliphatic heterocycles. The predicted molar refractivity (Wildman–Crippen MR) is 129 cm³/mol. The zero-order valence-electron chi connectivity index (χ0n) is 18.9. The van der Waals surface area contributed by atoms with Crippen molar-refractivity contribution in [3.8, 4) is 5.75 Å². The number of aliphatic hydroxyl groups is 1. The first-order chi connectivity index (χ1) is 16.7. The van der Waals surface area contributed by atoms with Crippen LogP contribution >= 0.6 is 11.8 Å². The van der Waals surface area contributed by atoms with E-state index in [0.717, 1.165) is 21.8 Å². The quantitative estimate of drug-likeness (QED) is 0.531. The lowest BCUT2D eigenvalue weighted by Crippen LogP contribution is -2.61. The smallest absolute Gasteiger partial charge is 0.184 e. The molecule has 2 saturated heterocycles. The lowest BCUT2D eigenvalue weighted by Gasteiger charge is -2.47. The van der Waals surface area contributed by atoms with Gasteiger partial charge in [-0.25, -0.2) is 0 Å². The van der Waals surface area contributed by atoms with E-state index < -0.39 is 30.0 Å². The molecule has 0 bridgehead atoms. The van der Waals surface area contributed by atoms with Crippen molar-refractivity contribution in [2.75, 3.05) is 13.7 Å². The molecule has 0 amide bonds. The second kappa shape index (κ2) is 10.9. The summed E-state index contributed by atoms with van der Waals surface area (Å²) in [6.07, 6.45) is -2.84. The Balaban J connectivity index is 1.35. The zero-order chi connectivity index (χ0) is 23.3. The van der Waals surface area contributed by atoms with Gasteiger partial charge in [0.25, 0.3) is 0 Å². The second-order valence-electron chi connectivity index (χ2n) is 8.26. The fourth-order valence-corrected chi connectivity index (χ4v) is 5.25. The highest BCUT2D eigenvalue weighted by molar-refractivity contribution is 7.99. The first kappa shape index (κ1) is 23.4. The van der Waals surface area contributed by atoms with Crippen LogP contribution in [0, 0.1) is 0 Å². The molecule has 178 valence electrons. The Labute approximate surface area is 203 Å². The molecular formula is C27H28O6S. The summed E-state index contributed by atoms with van der Waals surface area (Å²) in [6, 6.07) is 27.4. The molecule has 0 saturated carbocycles. The Morgan fingerprint density at radius 2 is 1.62 bits per heavy atom. The number of thioether (sulfide) groups is 1. The maximum absolute atomic E-state index is 11.3. The molecule has 1 N–H and O–H groups in total. The van der Waals surface area contributed by atoms with Gasteiger partial charge in [0.2, 0.25) is 0 Å². The number of ether oxygens (including phenoxy) is 5. The molecule has 3 aromatic rings. The topological polar surface area (TPSA) is 66.4 Å². The highest BCUT2D eigenvalue weighted by atomic mass is 32.2. The average molecular weight is 481 g/mol. The van der Waals surface area contributed by atoms with Crippen molar-refractivity contribution in [1.29, 1.82) is 0 Å². The fourth-order valence-electron chi connectivity index (χ4n) is 4.18. The first-order valence-electron chi connectivity index (χ1n) is 11.3. The van der Waals surface area contributed by atoms with Crippen LogP contribution in [0.4, 0.5) is 0 Å². The number of hydrogen-bond donors (Lipinski definition) is 1. The number of hydrogen-bond acceptors (Lipinski definition) is 7. The highest BCUT2D eigenvalue weighted by Crippen LogP contribution is 2.40. The van der Waals surface area contributed by atoms with E-state index in [-0.39, 0.29) is 6.10 Å². The lowest BCUT2D eigenvalue weighted by molar-refractivity contribution is -0.325. The molecule has 3 unspecified atom stereocenters. The lowest BCUT2D eigenvalue weighted by atomic mass is 9.98. The third kappa shape index (κ3) is 5.30. The molecule has 6 nitrogen and oxygen atoms in total. The van der Waals surface area contributed by atoms with Crippen LogP contribution in [0.25, 0.3) is 0 Å². The summed E-state index contributed by atoms with van der Waals surface area (Å²) in [4.78, 5) is 1.01. The van der Waals surface area contributed by atoms with E-state index in [4.69, 9.17) is 23.7 Å². The summed E-state index contributed by atoms with van der Waals surface area (Å²) in [6.45, 7) is 0.684. The van der Waals surface area contributed by atoms with Crippen LogP contribution in [-0.4, -0.2) is 48.7 Å². The molecule has 0 aromatic heterocycles. The normalized spacial score (nSPS) is 28.8. The average Bonchev–Trinajstić information content (AvgIpc) is 2.90. The van der Waals surface area contributed by atoms with Gasteiger partial charge in [-0.05, 0) is 29.8 Å². The molecule has 0 aliphatic carbocycles. The summed E-state index contributed by atoms with van der Waals surface area (Å²) >= 11 is 1.48. The number of methoxy groups -OCH3 is 1. The Hall–Kier alpha value is -2.39. The van der Waals surface area contributed by atoms with E-state index in [0.29, 0.717) is 13.2 Å². The zero-order valence-corrected chi connectivity index (χ0v) is 19.7. The van der Waals surface area contributed by atoms with Crippen molar-refractivity contribution < 1.29 is 28.8 Å². The maximum Gasteiger partial charge on any atom is 0.184 e. The minimum Gasteiger partial charge on any atom is -0.497 e. The van der Waals surface area contributed by atoms with Crippen molar-refractivity contribution in [3.63, 3.8) is 0 Å². The molecule has 3 aromatic carbocycles. The van der Waals surface area contributed by atoms with Crippen molar-refractivity contribution >= 4 is 11.8 Å². The van der Waals surface area contributed by atoms with Gasteiger partial charge >= 0.3 is 0 Å². The largest absolute Gasteiger partial charge is 0.497 e. The predicted octanol–water partition coefficient (Wildman–Crippen LogP) is 4.57. The summed E-state index contributed by atoms with van der Waals surface area (Å²) in [5.74, 6) is 0.785. The Morgan fingerprint density at radius 1 is 0.912 bits per heavy atom. The SMILES string of the molecule is COc1ccc(CO[C@@H]2C(O)[C@@H](Sc3ccccc3)OC3COC(c4ccccc4)O[C@H]32)cc1. The Bertz CT molecular complexity index is 1030. The maximum atomic E-state index is 11.3. The third-order valence-electron chi connectivity index (χ3n) is 5.98. The molecule has 2 fully saturated rings. The monoisotopic (exact) mass is 480 g/mol. The summed E-state index contributed by atoms with van der Waals surface area (Å²) < 4.78 is 30.1. The van der Waals surface area contributed by atoms with E-state index in [1.807, 2.05) is 84.9 Å². The van der Waals surface area contributed by atoms with Gasteiger partial charge in [0.15, 0.2) is 6.29 Å². The minimum absolute atomic E-state index is 0.331. The standard InChI is InChI=1S/C27H28O6S/c1-29-20-14-12-18(13-15-20)16-30-25-23(28)27(34-21-10-6-3-7-11-21)32-22-17-31-26(33-24(22)25)19-8-4-2-5-9-19/h2-15,22-28H,16-17H2,1H3/t22?,23?,24-,25-,26?,27-/m1/s1. The van der Waals surface area contributed by atoms with Gasteiger partial charge in [0, 0.05) is 10.5 Å². The fraction of sp³-hybridized carbons (Fsp3) is 0.333. The molecule has 34 heavy (non-hydrogen) atoms. The van der Waals surface area contributed by atoms with Gasteiger partial charge in [-0.2, -0.15) is 0 Å². The summed E-state index contributed by atoms with van der Waals surface area (Å²) in [5, 5.41) is 11.3. The van der Waals surface area contributed by atoms with E-state index >= 15 is 0 Å². The Kier molecular flexibility index (Phi) is 7.49. The van der Waals surface area contributed by atoms with Crippen LogP contribution < -0.4 is 4.74 Å². The van der Waals surface area contributed by atoms with E-state index in [2.05, 4.69) is 0 Å². The number of fused-ring (bicyclic) bond motifs is 1. The van der Waals surface area contributed by atoms with Crippen molar-refractivity contribution in [3.05, 3.63) is 96.1 Å². The van der Waals surface area contributed by atoms with Crippen molar-refractivity contribution in [2.24, 2.45) is 0 Å². The Morgan fingerprint density at radius 3 is 2.32 bits per heavy atom. The minimum atomic E-state index is -0.890. The van der Waals surface area contributed by atoms with Crippen molar-refractivity contribution in [1.82, 2.24) is 0 Å². The van der Waals surface area contributed by atoms with Gasteiger partial charge in [0.1, 0.15) is 35.6 Å². The molecule has 6 atom stereocenters. The third-order valence-corrected chi connectivity index (χ3v) is 7.14. The number of aliphatic hydroxyl groups excluding tert-OH is 1. The molecule has 2 aliphatic rings. The summed E-state index contributed by atoms with van der Waals surface area (Å²) in [5.41, 5.74) is 1.39. The molecule has 7 heteroatoms. The highest BCUT2D eigenvalue weighted by Gasteiger charge is 2.50. The van der Waals surface area contributed by atoms with Gasteiger partial charge in [-0.15, -0.1) is 0 Å². The number of benzene rings is 3. The van der Waals surface area contributed by atoms with Crippen LogP contribution in [0.3, 0.4) is 0 Å². The van der Waals surface area contributed by atoms with E-state index in [9.17, 15) is 5.11 Å². The molecule has 2 heterocycles. The first-order valence-corrected chi connectivity index (χ1v) is 12.2. The van der Waals surface area contributed by atoms with Crippen molar-refractivity contribution in [2.45, 2.75) is 47.6 Å². The van der Waals surface area contributed by atoms with Crippen LogP contribution in [0.15, 0.2) is 89.8 Å². The van der Waals surface area contributed by atoms with E-state index in [1.54, 1.807) is 7.11 Å². The molecule has 0 spiro atoms. The van der Waals surface area contributed by atoms with Gasteiger partial charge < -0.3 is 28.8 Å². The van der Waals surface area contributed by atoms with Crippen LogP contribution in [0.1, 0.15) is 17.4 Å². The molecule has 0 radical (unpaired) electrons. The second-order valence-corrected chi connectivity index (χ2v) is 9.44. The van der Waals surface area contributed by atoms with Gasteiger partial charge in [0.05, 0.1) is 20.3 Å². The van der Waals surface area contributed by atoms with Crippen LogP contribution in [-0.2, 0) is 25.6 Å². The van der Waals surface area contributed by atoms with E-state index in [1.165, 1.54) is 11.8 Å². The van der Waals surface area contributed by atoms with Gasteiger partial charge in [-0.1, -0.05) is 72.4 Å². The van der Waals surface area contributed by atoms with Gasteiger partial charge in [-0.3, -0.25) is 0 Å². The summed E-state index contributed by atoms with van der Waals surface area (Å²) in [7, 11) is 1.64. The van der Waals surface area contributed by atoms with Crippen LogP contribution in [0.2, 0.25) is 0 Å². The number of rotatable bonds is 7.